The number of hydrogen-bond donors (Lipinski definition) is 14. The Balaban J connectivity index is 1.33. The van der Waals surface area contributed by atoms with E-state index in [-0.39, 0.29) is 90.6 Å². The maximum atomic E-state index is 15.3. The molecule has 34 heteroatoms. The van der Waals surface area contributed by atoms with Crippen LogP contribution in [0.25, 0.3) is 10.9 Å². The minimum atomic E-state index is -2.46. The van der Waals surface area contributed by atoms with Gasteiger partial charge in [0.05, 0.1) is 125 Å². The van der Waals surface area contributed by atoms with Crippen molar-refractivity contribution in [3.63, 3.8) is 0 Å². The molecule has 3 aliphatic heterocycles. The first-order chi connectivity index (χ1) is 45.7. The highest BCUT2D eigenvalue weighted by atomic mass is 32.2. The molecule has 1 fully saturated rings. The van der Waals surface area contributed by atoms with Gasteiger partial charge in [0.15, 0.2) is 11.6 Å². The fourth-order valence-corrected chi connectivity index (χ4v) is 13.4. The predicted molar refractivity (Wildman–Crippen MR) is 345 cm³/mol. The van der Waals surface area contributed by atoms with Crippen LogP contribution in [0.1, 0.15) is 96.6 Å². The number of primary amides is 1. The topological polar surface area (TPSA) is 489 Å². The summed E-state index contributed by atoms with van der Waals surface area (Å²) in [6.07, 6.45) is -4.36. The average molecular weight is 1400 g/mol. The summed E-state index contributed by atoms with van der Waals surface area (Å²) in [6.45, 7) is 6.17. The Morgan fingerprint density at radius 3 is 2.11 bits per heavy atom. The molecule has 2 aromatic rings. The van der Waals surface area contributed by atoms with E-state index in [1.54, 1.807) is 13.8 Å². The lowest BCUT2D eigenvalue weighted by Gasteiger charge is -2.32. The number of phenols is 1. The molecular formula is C62H94N10O22S2. The summed E-state index contributed by atoms with van der Waals surface area (Å²) in [5, 5.41) is 70.4. The zero-order valence-electron chi connectivity index (χ0n) is 54.6. The maximum absolute atomic E-state index is 15.3. The second-order valence-corrected chi connectivity index (χ2v) is 26.7. The Labute approximate surface area is 562 Å². The molecule has 3 aliphatic rings. The third-order valence-corrected chi connectivity index (χ3v) is 19.3. The third-order valence-electron chi connectivity index (χ3n) is 16.8. The molecule has 2 unspecified atom stereocenters. The van der Waals surface area contributed by atoms with Crippen LogP contribution in [0, 0.1) is 29.6 Å². The van der Waals surface area contributed by atoms with E-state index in [1.807, 2.05) is 0 Å². The zero-order chi connectivity index (χ0) is 70.6. The summed E-state index contributed by atoms with van der Waals surface area (Å²) in [5.74, 6) is -15.6. The van der Waals surface area contributed by atoms with E-state index in [0.717, 1.165) is 4.90 Å². The van der Waals surface area contributed by atoms with E-state index < -0.39 is 200 Å². The number of phenolic OH excluding ortho intramolecular Hbond substituents is 1. The molecular weight excluding hydrogens is 1300 g/mol. The standard InChI is InChI=1S/C62H94N10O22S2/c1-5-34(2)41-25-38(74)28-66-56(83)37-23-42-40-8-9-47(76)43(32-95-21-7-6-11-64-51(80)10-13-91-15-17-93-19-20-94-18-16-92-14-12-65-52(81)22-35(3)62(88)89)55(40)71-60(42)96(90)33-45(68-53(82)29-67-57(41)84)58(85)69-44(27-50(63)79)61(87)72-30-39(75)26-46(72)59(86)70-54(48(77)24-37)36(4)49(78)31-73/h8-9,34-37,39,41,44-46,49,54,71,73,75-76,78H,5-7,10-33H2,1-4H3,(H2,63,79)(H,64,80)(H,65,81)(H,66,83)(H,67,84)(H,68,82)(H,69,85)(H,70,86)(H,88,89)/t34-,35?,36-,37+,39+,41-,44-,45-,46-,49-,54-,96?/m0/s1. The van der Waals surface area contributed by atoms with Gasteiger partial charge in [-0.1, -0.05) is 34.1 Å². The highest BCUT2D eigenvalue weighted by Crippen LogP contribution is 2.37. The van der Waals surface area contributed by atoms with Crippen molar-refractivity contribution < 1.29 is 106 Å². The number of ether oxygens (including phenoxy) is 4. The minimum absolute atomic E-state index is 0.108. The Hall–Kier alpha value is -7.18. The third kappa shape index (κ3) is 25.0. The number of carbonyl (C=O) groups is 12. The van der Waals surface area contributed by atoms with Crippen molar-refractivity contribution in [1.82, 2.24) is 47.1 Å². The molecule has 15 N–H and O–H groups in total. The zero-order valence-corrected chi connectivity index (χ0v) is 56.2. The van der Waals surface area contributed by atoms with Crippen LogP contribution in [0.3, 0.4) is 0 Å². The number of nitrogens with two attached hydrogens (primary N) is 1. The Bertz CT molecular complexity index is 3060. The van der Waals surface area contributed by atoms with E-state index >= 15 is 4.21 Å². The lowest BCUT2D eigenvalue weighted by atomic mass is 9.85. The fraction of sp³-hybridized carbons (Fsp3) is 0.677. The molecule has 9 amide bonds. The lowest BCUT2D eigenvalue weighted by Crippen LogP contribution is -2.60. The smallest absolute Gasteiger partial charge is 0.306 e. The SMILES string of the molecule is CC[C@H](C)[C@@H]1CC(=O)CNC(=O)[C@H]2CC(=O)[C@H]([C@@H](C)[C@@H](O)CO)NC(=O)[C@@H]3C[C@@H](O)CN3C(=O)[C@H](CC(N)=O)NC(=O)[C@H](CS(=O)c3[nH]c4c(CSCCCCNC(=O)CCOCCOCCOCCOCCNC(=O)CC(C)C(=O)O)c(O)ccc4c3C2)NC(=O)CNC1=O. The molecule has 1 aromatic carbocycles. The number of amides is 9. The number of Topliss-reactive ketones (excluding diaryl/α,β-unsaturated/α-hetero) is 2. The van der Waals surface area contributed by atoms with Crippen molar-refractivity contribution in [2.45, 2.75) is 139 Å². The van der Waals surface area contributed by atoms with Crippen molar-refractivity contribution in [2.75, 3.05) is 104 Å². The first-order valence-corrected chi connectivity index (χ1v) is 34.7. The number of carbonyl (C=O) groups excluding carboxylic acids is 11. The number of thioether (sulfide) groups is 1. The molecule has 0 radical (unpaired) electrons. The van der Waals surface area contributed by atoms with Gasteiger partial charge in [-0.2, -0.15) is 11.8 Å². The van der Waals surface area contributed by atoms with Crippen molar-refractivity contribution in [2.24, 2.45) is 35.3 Å². The summed E-state index contributed by atoms with van der Waals surface area (Å²) in [7, 11) is -2.46. The quantitative estimate of drug-likeness (QED) is 0.0326. The second kappa shape index (κ2) is 40.5. The number of benzene rings is 1. The number of carboxylic acids is 1. The van der Waals surface area contributed by atoms with Crippen LogP contribution >= 0.6 is 11.8 Å². The number of nitrogens with zero attached hydrogens (tertiary/aromatic N) is 1. The molecule has 4 heterocycles. The van der Waals surface area contributed by atoms with Crippen LogP contribution in [0.5, 0.6) is 5.75 Å². The number of aliphatic hydroxyl groups excluding tert-OH is 3. The number of rotatable bonds is 32. The van der Waals surface area contributed by atoms with Gasteiger partial charge in [0.25, 0.3) is 0 Å². The van der Waals surface area contributed by atoms with Crippen LogP contribution in [0.4, 0.5) is 0 Å². The van der Waals surface area contributed by atoms with Crippen LogP contribution < -0.4 is 43.0 Å². The van der Waals surface area contributed by atoms with E-state index in [2.05, 4.69) is 42.2 Å². The second-order valence-electron chi connectivity index (χ2n) is 24.1. The number of aliphatic carboxylic acids is 1. The highest BCUT2D eigenvalue weighted by Gasteiger charge is 2.45. The van der Waals surface area contributed by atoms with Gasteiger partial charge < -0.3 is 97.3 Å². The Kier molecular flexibility index (Phi) is 33.6. The van der Waals surface area contributed by atoms with Crippen LogP contribution in [0.2, 0.25) is 0 Å². The number of aromatic amines is 1. The number of aromatic hydroxyl groups is 1. The summed E-state index contributed by atoms with van der Waals surface area (Å²) >= 11 is 1.40. The number of nitrogens with one attached hydrogen (secondary N) is 8. The first-order valence-electron chi connectivity index (χ1n) is 32.2. The predicted octanol–water partition coefficient (Wildman–Crippen LogP) is -2.93. The molecule has 0 aliphatic carbocycles. The van der Waals surface area contributed by atoms with Crippen molar-refractivity contribution in [3.05, 3.63) is 23.3 Å². The van der Waals surface area contributed by atoms with Gasteiger partial charge in [-0.3, -0.25) is 61.7 Å². The van der Waals surface area contributed by atoms with Crippen LogP contribution in [-0.4, -0.2) is 250 Å². The number of hydrogen-bond acceptors (Lipinski definition) is 22. The molecule has 1 saturated heterocycles. The number of carboxylic acid groups (broad SMARTS) is 1. The molecule has 0 saturated carbocycles. The number of ketones is 2. The van der Waals surface area contributed by atoms with Gasteiger partial charge in [-0.25, -0.2) is 0 Å². The number of H-pyrrole nitrogens is 1. The van der Waals surface area contributed by atoms with Gasteiger partial charge in [-0.05, 0) is 48.6 Å². The molecule has 1 aromatic heterocycles. The monoisotopic (exact) mass is 1390 g/mol. The average Bonchev–Trinajstić information content (AvgIpc) is 1.60. The highest BCUT2D eigenvalue weighted by molar-refractivity contribution is 7.98. The van der Waals surface area contributed by atoms with Crippen LogP contribution in [0.15, 0.2) is 17.2 Å². The Morgan fingerprint density at radius 2 is 1.46 bits per heavy atom. The van der Waals surface area contributed by atoms with Crippen molar-refractivity contribution in [3.8, 4) is 5.75 Å². The van der Waals surface area contributed by atoms with Crippen molar-refractivity contribution in [1.29, 1.82) is 0 Å². The van der Waals surface area contributed by atoms with Gasteiger partial charge >= 0.3 is 5.97 Å². The van der Waals surface area contributed by atoms with Gasteiger partial charge in [0.2, 0.25) is 53.2 Å². The first kappa shape index (κ1) is 79.5. The molecule has 0 spiro atoms. The Morgan fingerprint density at radius 1 is 0.802 bits per heavy atom. The summed E-state index contributed by atoms with van der Waals surface area (Å²) in [4.78, 5) is 166. The number of unbranched alkanes of at least 4 members (excludes halogenated alkanes) is 1. The van der Waals surface area contributed by atoms with E-state index in [9.17, 15) is 78.0 Å². The van der Waals surface area contributed by atoms with E-state index in [4.69, 9.17) is 29.8 Å². The number of fused-ring (bicyclic) bond motifs is 5. The number of aromatic nitrogens is 1. The lowest BCUT2D eigenvalue weighted by molar-refractivity contribution is -0.144. The van der Waals surface area contributed by atoms with Gasteiger partial charge in [-0.15, -0.1) is 0 Å². The summed E-state index contributed by atoms with van der Waals surface area (Å²) in [5.41, 5.74) is 6.24. The molecule has 536 valence electrons. The molecule has 96 heavy (non-hydrogen) atoms. The molecule has 5 rings (SSSR count). The number of aliphatic hydroxyl groups is 3. The molecule has 12 atom stereocenters. The molecule has 2 bridgehead atoms. The molecule has 32 nitrogen and oxygen atoms in total. The fourth-order valence-electron chi connectivity index (χ4n) is 11.0. The van der Waals surface area contributed by atoms with Gasteiger partial charge in [0.1, 0.15) is 28.9 Å². The summed E-state index contributed by atoms with van der Waals surface area (Å²) < 4.78 is 37.1. The normalized spacial score (nSPS) is 23.3. The van der Waals surface area contributed by atoms with Crippen LogP contribution in [-0.2, 0) is 99.5 Å². The van der Waals surface area contributed by atoms with E-state index in [1.165, 1.54) is 37.7 Å². The van der Waals surface area contributed by atoms with E-state index in [0.29, 0.717) is 63.6 Å². The maximum Gasteiger partial charge on any atom is 0.306 e. The largest absolute Gasteiger partial charge is 0.508 e. The van der Waals surface area contributed by atoms with Crippen molar-refractivity contribution >= 4 is 104 Å². The summed E-state index contributed by atoms with van der Waals surface area (Å²) in [6, 6.07) is -4.19. The minimum Gasteiger partial charge on any atom is -0.508 e. The van der Waals surface area contributed by atoms with Gasteiger partial charge in [0, 0.05) is 86.2 Å².